The van der Waals surface area contributed by atoms with Gasteiger partial charge in [0.15, 0.2) is 11.5 Å². The van der Waals surface area contributed by atoms with Crippen LogP contribution in [0.2, 0.25) is 0 Å². The van der Waals surface area contributed by atoms with Crippen LogP contribution in [0.1, 0.15) is 0 Å². The maximum Gasteiger partial charge on any atom is 0.283 e. The van der Waals surface area contributed by atoms with E-state index in [1.807, 2.05) is 0 Å². The zero-order chi connectivity index (χ0) is 9.02. The molecule has 0 aliphatic heterocycles. The summed E-state index contributed by atoms with van der Waals surface area (Å²) in [6, 6.07) is 0. The molecular weight excluding hydrogens is 148 g/mol. The Balaban J connectivity index is 4.07. The van der Waals surface area contributed by atoms with Crippen molar-refractivity contribution in [1.29, 1.82) is 0 Å². The minimum Gasteiger partial charge on any atom is -0.447 e. The molecule has 0 aromatic carbocycles. The lowest BCUT2D eigenvalue weighted by molar-refractivity contribution is -0.119. The number of amides is 2. The summed E-state index contributed by atoms with van der Waals surface area (Å²) in [5.41, 5.74) is 9.46. The molecule has 0 heterocycles. The van der Waals surface area contributed by atoms with Crippen LogP contribution in [0, 0.1) is 0 Å². The van der Waals surface area contributed by atoms with Crippen LogP contribution < -0.4 is 11.5 Å². The lowest BCUT2D eigenvalue weighted by Crippen LogP contribution is -2.20. The van der Waals surface area contributed by atoms with E-state index >= 15 is 0 Å². The number of hydrogen-bond acceptors (Lipinski definition) is 3. The van der Waals surface area contributed by atoms with Gasteiger partial charge in [-0.15, -0.1) is 0 Å². The van der Waals surface area contributed by atoms with E-state index in [4.69, 9.17) is 11.5 Å². The fourth-order valence-corrected chi connectivity index (χ4v) is 0.249. The second-order valence-electron chi connectivity index (χ2n) is 1.68. The molecule has 0 unspecified atom stereocenters. The molecule has 0 radical (unpaired) electrons. The van der Waals surface area contributed by atoms with Crippen molar-refractivity contribution in [1.82, 2.24) is 0 Å². The fourth-order valence-electron chi connectivity index (χ4n) is 0.249. The molecular formula is C6H8N2O3. The molecule has 5 nitrogen and oxygen atoms in total. The van der Waals surface area contributed by atoms with Gasteiger partial charge >= 0.3 is 0 Å². The Kier molecular flexibility index (Phi) is 2.85. The molecule has 0 aliphatic carbocycles. The summed E-state index contributed by atoms with van der Waals surface area (Å²) in [7, 11) is 0. The first-order valence-corrected chi connectivity index (χ1v) is 2.60. The molecule has 0 atom stereocenters. The lowest BCUT2D eigenvalue weighted by Gasteiger charge is -2.03. The normalized spacial score (nSPS) is 8.36. The molecule has 0 aromatic rings. The lowest BCUT2D eigenvalue weighted by atomic mass is 10.5. The average molecular weight is 156 g/mol. The molecule has 11 heavy (non-hydrogen) atoms. The van der Waals surface area contributed by atoms with Crippen molar-refractivity contribution >= 4 is 11.8 Å². The highest BCUT2D eigenvalue weighted by Crippen LogP contribution is 1.99. The highest BCUT2D eigenvalue weighted by Gasteiger charge is 2.08. The molecule has 60 valence electrons. The van der Waals surface area contributed by atoms with E-state index in [1.165, 1.54) is 0 Å². The predicted molar refractivity (Wildman–Crippen MR) is 37.8 cm³/mol. The van der Waals surface area contributed by atoms with Gasteiger partial charge < -0.3 is 16.2 Å². The summed E-state index contributed by atoms with van der Waals surface area (Å²) in [6.45, 7) is 6.22. The van der Waals surface area contributed by atoms with Crippen molar-refractivity contribution in [2.45, 2.75) is 0 Å². The first kappa shape index (κ1) is 9.22. The first-order chi connectivity index (χ1) is 4.95. The average Bonchev–Trinajstić information content (AvgIpc) is 1.87. The van der Waals surface area contributed by atoms with Crippen molar-refractivity contribution in [3.8, 4) is 0 Å². The highest BCUT2D eigenvalue weighted by molar-refractivity contribution is 5.93. The topological polar surface area (TPSA) is 95.4 Å². The van der Waals surface area contributed by atoms with Crippen LogP contribution in [0.25, 0.3) is 0 Å². The smallest absolute Gasteiger partial charge is 0.283 e. The van der Waals surface area contributed by atoms with Crippen LogP contribution in [-0.2, 0) is 14.3 Å². The summed E-state index contributed by atoms with van der Waals surface area (Å²) in [5, 5.41) is 0. The van der Waals surface area contributed by atoms with Gasteiger partial charge in [-0.05, 0) is 0 Å². The summed E-state index contributed by atoms with van der Waals surface area (Å²) < 4.78 is 4.44. The molecule has 0 aliphatic rings. The van der Waals surface area contributed by atoms with E-state index < -0.39 is 11.8 Å². The minimum absolute atomic E-state index is 0.367. The van der Waals surface area contributed by atoms with Gasteiger partial charge in [-0.3, -0.25) is 9.59 Å². The van der Waals surface area contributed by atoms with Crippen molar-refractivity contribution < 1.29 is 14.3 Å². The van der Waals surface area contributed by atoms with Gasteiger partial charge in [0.05, 0.1) is 0 Å². The second kappa shape index (κ2) is 3.40. The maximum absolute atomic E-state index is 10.3. The quantitative estimate of drug-likeness (QED) is 0.403. The van der Waals surface area contributed by atoms with Gasteiger partial charge in [-0.1, -0.05) is 13.2 Å². The maximum atomic E-state index is 10.3. The van der Waals surface area contributed by atoms with E-state index in [1.54, 1.807) is 0 Å². The van der Waals surface area contributed by atoms with E-state index in [-0.39, 0.29) is 11.5 Å². The van der Waals surface area contributed by atoms with Crippen molar-refractivity contribution in [3.05, 3.63) is 24.7 Å². The number of nitrogens with two attached hydrogens (primary N) is 2. The Labute approximate surface area is 63.3 Å². The van der Waals surface area contributed by atoms with Gasteiger partial charge in [0, 0.05) is 0 Å². The van der Waals surface area contributed by atoms with E-state index in [0.717, 1.165) is 0 Å². The van der Waals surface area contributed by atoms with Crippen LogP contribution in [0.15, 0.2) is 24.7 Å². The highest BCUT2D eigenvalue weighted by atomic mass is 16.5. The summed E-state index contributed by atoms with van der Waals surface area (Å²) in [6.07, 6.45) is 0. The van der Waals surface area contributed by atoms with Crippen molar-refractivity contribution in [2.24, 2.45) is 11.5 Å². The third-order valence-corrected chi connectivity index (χ3v) is 0.796. The summed E-state index contributed by atoms with van der Waals surface area (Å²) in [4.78, 5) is 20.5. The first-order valence-electron chi connectivity index (χ1n) is 2.60. The van der Waals surface area contributed by atoms with Gasteiger partial charge in [0.25, 0.3) is 11.8 Å². The third kappa shape index (κ3) is 3.04. The van der Waals surface area contributed by atoms with E-state index in [0.29, 0.717) is 0 Å². The Bertz CT molecular complexity index is 208. The Hall–Kier alpha value is -1.78. The Morgan fingerprint density at radius 2 is 1.27 bits per heavy atom. The molecule has 0 rings (SSSR count). The van der Waals surface area contributed by atoms with Crippen LogP contribution in [-0.4, -0.2) is 11.8 Å². The molecule has 4 N–H and O–H groups in total. The second-order valence-corrected chi connectivity index (χ2v) is 1.68. The molecule has 0 aromatic heterocycles. The summed E-state index contributed by atoms with van der Waals surface area (Å²) >= 11 is 0. The predicted octanol–water partition coefficient (Wildman–Crippen LogP) is -0.999. The SMILES string of the molecule is C=C(OC(=C)C(N)=O)C(N)=O. The van der Waals surface area contributed by atoms with Crippen molar-refractivity contribution in [2.75, 3.05) is 0 Å². The number of ether oxygens (including phenoxy) is 1. The van der Waals surface area contributed by atoms with E-state index in [9.17, 15) is 9.59 Å². The number of rotatable bonds is 4. The van der Waals surface area contributed by atoms with Gasteiger partial charge in [0.2, 0.25) is 0 Å². The van der Waals surface area contributed by atoms with Crippen LogP contribution >= 0.6 is 0 Å². The third-order valence-electron chi connectivity index (χ3n) is 0.796. The van der Waals surface area contributed by atoms with Gasteiger partial charge in [0.1, 0.15) is 0 Å². The molecule has 5 heteroatoms. The molecule has 0 fully saturated rings. The van der Waals surface area contributed by atoms with Crippen LogP contribution in [0.3, 0.4) is 0 Å². The fraction of sp³-hybridized carbons (Fsp3) is 0. The standard InChI is InChI=1S/C6H8N2O3/c1-3(5(7)9)11-4(2)6(8)10/h1-2H2,(H2,7,9)(H2,8,10). The Morgan fingerprint density at radius 1 is 1.00 bits per heavy atom. The molecule has 2 amide bonds. The van der Waals surface area contributed by atoms with Gasteiger partial charge in [-0.25, -0.2) is 0 Å². The van der Waals surface area contributed by atoms with Crippen molar-refractivity contribution in [3.63, 3.8) is 0 Å². The number of carbonyl (C=O) groups is 2. The monoisotopic (exact) mass is 156 g/mol. The zero-order valence-corrected chi connectivity index (χ0v) is 5.79. The molecule has 0 bridgehead atoms. The number of hydrogen-bond donors (Lipinski definition) is 2. The molecule has 0 saturated heterocycles. The largest absolute Gasteiger partial charge is 0.447 e. The summed E-state index contributed by atoms with van der Waals surface area (Å²) in [5.74, 6) is -2.47. The van der Waals surface area contributed by atoms with Crippen LogP contribution in [0.4, 0.5) is 0 Å². The molecule has 0 saturated carbocycles. The minimum atomic E-state index is -0.868. The number of primary amides is 2. The molecule has 0 spiro atoms. The van der Waals surface area contributed by atoms with E-state index in [2.05, 4.69) is 17.9 Å². The van der Waals surface area contributed by atoms with Gasteiger partial charge in [-0.2, -0.15) is 0 Å². The zero-order valence-electron chi connectivity index (χ0n) is 5.79. The number of carbonyl (C=O) groups excluding carboxylic acids is 2. The Morgan fingerprint density at radius 3 is 1.45 bits per heavy atom. The van der Waals surface area contributed by atoms with Crippen LogP contribution in [0.5, 0.6) is 0 Å².